The number of benzene rings is 1. The zero-order valence-electron chi connectivity index (χ0n) is 10.4. The molecule has 3 nitrogen and oxygen atoms in total. The fourth-order valence-corrected chi connectivity index (χ4v) is 1.43. The standard InChI is InChI=1S/C13H20N2O.ClH/c1-3-11-4-6-12(7-5-11)8-9-15-13(16)10(2)14;/h4-7,10H,3,8-9,14H2,1-2H3,(H,15,16);1H/t10-;/m1./s1. The zero-order valence-corrected chi connectivity index (χ0v) is 11.2. The number of rotatable bonds is 5. The molecule has 3 N–H and O–H groups in total. The predicted molar refractivity (Wildman–Crippen MR) is 73.4 cm³/mol. The molecule has 1 rings (SSSR count). The minimum atomic E-state index is -0.428. The van der Waals surface area contributed by atoms with Gasteiger partial charge in [-0.05, 0) is 30.9 Å². The molecule has 0 bridgehead atoms. The van der Waals surface area contributed by atoms with E-state index in [1.54, 1.807) is 6.92 Å². The van der Waals surface area contributed by atoms with Crippen LogP contribution in [-0.4, -0.2) is 18.5 Å². The number of halogens is 1. The summed E-state index contributed by atoms with van der Waals surface area (Å²) in [6.45, 7) is 4.47. The van der Waals surface area contributed by atoms with Crippen LogP contribution in [0.1, 0.15) is 25.0 Å². The minimum Gasteiger partial charge on any atom is -0.354 e. The Morgan fingerprint density at radius 3 is 2.29 bits per heavy atom. The number of nitrogens with two attached hydrogens (primary N) is 1. The van der Waals surface area contributed by atoms with Crippen molar-refractivity contribution in [1.82, 2.24) is 5.32 Å². The van der Waals surface area contributed by atoms with E-state index >= 15 is 0 Å². The molecule has 0 heterocycles. The molecular formula is C13H21ClN2O. The van der Waals surface area contributed by atoms with E-state index < -0.39 is 6.04 Å². The number of carbonyl (C=O) groups is 1. The monoisotopic (exact) mass is 256 g/mol. The van der Waals surface area contributed by atoms with Gasteiger partial charge in [0.25, 0.3) is 0 Å². The summed E-state index contributed by atoms with van der Waals surface area (Å²) in [5.74, 6) is -0.0924. The van der Waals surface area contributed by atoms with Crippen molar-refractivity contribution in [1.29, 1.82) is 0 Å². The highest BCUT2D eigenvalue weighted by atomic mass is 35.5. The Morgan fingerprint density at radius 1 is 1.29 bits per heavy atom. The molecule has 0 fully saturated rings. The molecule has 0 aliphatic rings. The average molecular weight is 257 g/mol. The Hall–Kier alpha value is -1.06. The molecule has 0 radical (unpaired) electrons. The summed E-state index contributed by atoms with van der Waals surface area (Å²) in [6, 6.07) is 8.04. The molecule has 96 valence electrons. The highest BCUT2D eigenvalue weighted by Gasteiger charge is 2.05. The number of carbonyl (C=O) groups excluding carboxylic acids is 1. The molecule has 0 unspecified atom stereocenters. The van der Waals surface area contributed by atoms with Crippen molar-refractivity contribution in [2.24, 2.45) is 5.73 Å². The highest BCUT2D eigenvalue weighted by Crippen LogP contribution is 2.05. The lowest BCUT2D eigenvalue weighted by Gasteiger charge is -2.07. The van der Waals surface area contributed by atoms with Crippen molar-refractivity contribution < 1.29 is 4.79 Å². The van der Waals surface area contributed by atoms with Crippen molar-refractivity contribution in [3.05, 3.63) is 35.4 Å². The molecule has 0 spiro atoms. The second-order valence-corrected chi connectivity index (χ2v) is 4.00. The fourth-order valence-electron chi connectivity index (χ4n) is 1.43. The lowest BCUT2D eigenvalue weighted by molar-refractivity contribution is -0.121. The maximum Gasteiger partial charge on any atom is 0.236 e. The first kappa shape index (κ1) is 15.9. The van der Waals surface area contributed by atoms with Gasteiger partial charge in [0.1, 0.15) is 0 Å². The average Bonchev–Trinajstić information content (AvgIpc) is 2.29. The molecule has 0 aliphatic heterocycles. The summed E-state index contributed by atoms with van der Waals surface area (Å²) < 4.78 is 0. The molecule has 4 heteroatoms. The van der Waals surface area contributed by atoms with Gasteiger partial charge in [-0.15, -0.1) is 12.4 Å². The van der Waals surface area contributed by atoms with Crippen molar-refractivity contribution in [3.63, 3.8) is 0 Å². The largest absolute Gasteiger partial charge is 0.354 e. The summed E-state index contributed by atoms with van der Waals surface area (Å²) in [5.41, 5.74) is 8.02. The van der Waals surface area contributed by atoms with Gasteiger partial charge in [0.2, 0.25) is 5.91 Å². The summed E-state index contributed by atoms with van der Waals surface area (Å²) in [5, 5.41) is 2.80. The van der Waals surface area contributed by atoms with Gasteiger partial charge < -0.3 is 11.1 Å². The highest BCUT2D eigenvalue weighted by molar-refractivity contribution is 5.85. The third-order valence-electron chi connectivity index (χ3n) is 2.56. The van der Waals surface area contributed by atoms with Crippen LogP contribution < -0.4 is 11.1 Å². The van der Waals surface area contributed by atoms with Crippen LogP contribution in [0.2, 0.25) is 0 Å². The molecule has 0 aromatic heterocycles. The van der Waals surface area contributed by atoms with Crippen LogP contribution >= 0.6 is 12.4 Å². The maximum absolute atomic E-state index is 11.2. The van der Waals surface area contributed by atoms with E-state index in [-0.39, 0.29) is 18.3 Å². The quantitative estimate of drug-likeness (QED) is 0.842. The molecule has 1 atom stereocenters. The number of amides is 1. The normalized spacial score (nSPS) is 11.5. The minimum absolute atomic E-state index is 0. The van der Waals surface area contributed by atoms with Gasteiger partial charge in [0.15, 0.2) is 0 Å². The van der Waals surface area contributed by atoms with Gasteiger partial charge in [-0.3, -0.25) is 4.79 Å². The van der Waals surface area contributed by atoms with Gasteiger partial charge in [0.05, 0.1) is 6.04 Å². The molecule has 1 amide bonds. The van der Waals surface area contributed by atoms with E-state index in [9.17, 15) is 4.79 Å². The van der Waals surface area contributed by atoms with Crippen LogP contribution in [0, 0.1) is 0 Å². The van der Waals surface area contributed by atoms with Crippen LogP contribution in [0.15, 0.2) is 24.3 Å². The first-order valence-electron chi connectivity index (χ1n) is 5.74. The molecule has 1 aromatic carbocycles. The summed E-state index contributed by atoms with van der Waals surface area (Å²) in [4.78, 5) is 11.2. The van der Waals surface area contributed by atoms with Crippen molar-refractivity contribution in [2.45, 2.75) is 32.7 Å². The number of nitrogens with one attached hydrogen (secondary N) is 1. The lowest BCUT2D eigenvalue weighted by atomic mass is 10.1. The molecule has 0 aliphatic carbocycles. The van der Waals surface area contributed by atoms with Crippen LogP contribution in [-0.2, 0) is 17.6 Å². The van der Waals surface area contributed by atoms with Crippen molar-refractivity contribution >= 4 is 18.3 Å². The summed E-state index contributed by atoms with van der Waals surface area (Å²) in [6.07, 6.45) is 1.91. The Balaban J connectivity index is 0.00000256. The summed E-state index contributed by atoms with van der Waals surface area (Å²) >= 11 is 0. The summed E-state index contributed by atoms with van der Waals surface area (Å²) in [7, 11) is 0. The number of hydrogen-bond donors (Lipinski definition) is 2. The number of aryl methyl sites for hydroxylation is 1. The van der Waals surface area contributed by atoms with Crippen LogP contribution in [0.3, 0.4) is 0 Å². The van der Waals surface area contributed by atoms with E-state index in [0.29, 0.717) is 6.54 Å². The van der Waals surface area contributed by atoms with E-state index in [1.165, 1.54) is 11.1 Å². The molecule has 0 saturated carbocycles. The van der Waals surface area contributed by atoms with Gasteiger partial charge >= 0.3 is 0 Å². The Morgan fingerprint density at radius 2 is 1.82 bits per heavy atom. The van der Waals surface area contributed by atoms with E-state index in [4.69, 9.17) is 5.73 Å². The predicted octanol–water partition coefficient (Wildman–Crippen LogP) is 1.68. The van der Waals surface area contributed by atoms with Gasteiger partial charge in [0, 0.05) is 6.54 Å². The van der Waals surface area contributed by atoms with Crippen LogP contribution in [0.25, 0.3) is 0 Å². The third-order valence-corrected chi connectivity index (χ3v) is 2.56. The molecular weight excluding hydrogens is 236 g/mol. The van der Waals surface area contributed by atoms with E-state index in [1.807, 2.05) is 0 Å². The molecule has 0 saturated heterocycles. The SMILES string of the molecule is CCc1ccc(CCNC(=O)[C@@H](C)N)cc1.Cl. The van der Waals surface area contributed by atoms with E-state index in [2.05, 4.69) is 36.5 Å². The number of hydrogen-bond acceptors (Lipinski definition) is 2. The first-order chi connectivity index (χ1) is 7.63. The fraction of sp³-hybridized carbons (Fsp3) is 0.462. The molecule has 17 heavy (non-hydrogen) atoms. The molecule has 1 aromatic rings. The Kier molecular flexibility index (Phi) is 7.59. The van der Waals surface area contributed by atoms with Crippen molar-refractivity contribution in [3.8, 4) is 0 Å². The van der Waals surface area contributed by atoms with Crippen molar-refractivity contribution in [2.75, 3.05) is 6.54 Å². The second kappa shape index (κ2) is 8.09. The first-order valence-corrected chi connectivity index (χ1v) is 5.74. The van der Waals surface area contributed by atoms with Crippen LogP contribution in [0.5, 0.6) is 0 Å². The van der Waals surface area contributed by atoms with Crippen LogP contribution in [0.4, 0.5) is 0 Å². The van der Waals surface area contributed by atoms with Gasteiger partial charge in [-0.1, -0.05) is 31.2 Å². The Labute approximate surface area is 109 Å². The Bertz CT molecular complexity index is 336. The zero-order chi connectivity index (χ0) is 12.0. The second-order valence-electron chi connectivity index (χ2n) is 4.00. The lowest BCUT2D eigenvalue weighted by Crippen LogP contribution is -2.39. The van der Waals surface area contributed by atoms with Gasteiger partial charge in [-0.25, -0.2) is 0 Å². The third kappa shape index (κ3) is 5.71. The topological polar surface area (TPSA) is 55.1 Å². The maximum atomic E-state index is 11.2. The van der Waals surface area contributed by atoms with E-state index in [0.717, 1.165) is 12.8 Å². The van der Waals surface area contributed by atoms with Gasteiger partial charge in [-0.2, -0.15) is 0 Å². The smallest absolute Gasteiger partial charge is 0.236 e.